The van der Waals surface area contributed by atoms with Crippen molar-refractivity contribution in [1.82, 2.24) is 0 Å². The molecule has 0 aliphatic rings. The number of hydrogen-bond acceptors (Lipinski definition) is 1. The van der Waals surface area contributed by atoms with Crippen LogP contribution in [-0.4, -0.2) is 13.2 Å². The van der Waals surface area contributed by atoms with Crippen LogP contribution in [0.2, 0.25) is 6.04 Å². The van der Waals surface area contributed by atoms with Gasteiger partial charge in [0.15, 0.2) is 0 Å². The Bertz CT molecular complexity index is 204. The Morgan fingerprint density at radius 3 is 1.00 bits per heavy atom. The molecule has 134 valence electrons. The molecule has 0 heterocycles. The Kier molecular flexibility index (Phi) is 21.2. The number of unbranched alkanes of at least 4 members (excludes halogenated alkanes) is 15. The number of hydrogen-bond donors (Lipinski definition) is 1. The van der Waals surface area contributed by atoms with Gasteiger partial charge in [0, 0.05) is 0 Å². The van der Waals surface area contributed by atoms with Crippen LogP contribution in [0, 0.1) is 0 Å². The molecule has 22 heavy (non-hydrogen) atoms. The fourth-order valence-corrected chi connectivity index (χ4v) is 4.63. The van der Waals surface area contributed by atoms with Crippen molar-refractivity contribution in [3.63, 3.8) is 0 Å². The van der Waals surface area contributed by atoms with Gasteiger partial charge in [0.05, 0.1) is 0 Å². The van der Waals surface area contributed by atoms with E-state index < -0.39 is 7.42 Å². The van der Waals surface area contributed by atoms with Crippen molar-refractivity contribution in [3.05, 3.63) is 0 Å². The highest BCUT2D eigenvalue weighted by Crippen LogP contribution is 2.15. The highest BCUT2D eigenvalue weighted by Gasteiger charge is 2.00. The second kappa shape index (κ2) is 20.2. The van der Waals surface area contributed by atoms with Crippen molar-refractivity contribution in [3.8, 4) is 0 Å². The first-order chi connectivity index (χ1) is 10.8. The van der Waals surface area contributed by atoms with Gasteiger partial charge < -0.3 is 0 Å². The van der Waals surface area contributed by atoms with E-state index in [1.165, 1.54) is 103 Å². The van der Waals surface area contributed by atoms with Crippen LogP contribution in [0.1, 0.15) is 103 Å². The van der Waals surface area contributed by atoms with E-state index in [0.29, 0.717) is 0 Å². The summed E-state index contributed by atoms with van der Waals surface area (Å²) < 4.78 is 0. The minimum atomic E-state index is -1.32. The molecule has 0 aromatic carbocycles. The van der Waals surface area contributed by atoms with Crippen LogP contribution in [0.4, 0.5) is 0 Å². The molecule has 0 bridgehead atoms. The van der Waals surface area contributed by atoms with Gasteiger partial charge in [0.2, 0.25) is 7.42 Å². The second-order valence-corrected chi connectivity index (χ2v) is 12.2. The van der Waals surface area contributed by atoms with Crippen LogP contribution in [0.15, 0.2) is 0 Å². The quantitative estimate of drug-likeness (QED) is 0.106. The maximum absolute atomic E-state index is 5.85. The van der Waals surface area contributed by atoms with E-state index in [4.69, 9.17) is 22.2 Å². The lowest BCUT2D eigenvalue weighted by Crippen LogP contribution is -1.91. The molecule has 4 heteroatoms. The Morgan fingerprint density at radius 2 is 0.727 bits per heavy atom. The van der Waals surface area contributed by atoms with Crippen LogP contribution in [0.25, 0.3) is 0 Å². The minimum absolute atomic E-state index is 1.06. The smallest absolute Gasteiger partial charge is 0.179 e. The fraction of sp³-hybridized carbons (Fsp3) is 1.00. The standard InChI is InChI=1S/C18H38Cl2SSi/c19-22(20)18-16-14-12-10-8-6-4-2-1-3-5-7-9-11-13-15-17-21/h21-22H,1-18H2. The summed E-state index contributed by atoms with van der Waals surface area (Å²) in [4.78, 5) is 0. The van der Waals surface area contributed by atoms with Gasteiger partial charge >= 0.3 is 0 Å². The average Bonchev–Trinajstić information content (AvgIpc) is 2.50. The van der Waals surface area contributed by atoms with E-state index in [9.17, 15) is 0 Å². The van der Waals surface area contributed by atoms with Gasteiger partial charge in [-0.2, -0.15) is 34.8 Å². The van der Waals surface area contributed by atoms with Crippen LogP contribution in [-0.2, 0) is 0 Å². The van der Waals surface area contributed by atoms with E-state index >= 15 is 0 Å². The number of rotatable bonds is 18. The van der Waals surface area contributed by atoms with Gasteiger partial charge in [-0.15, -0.1) is 0 Å². The summed E-state index contributed by atoms with van der Waals surface area (Å²) in [6.45, 7) is 0. The molecule has 0 aromatic heterocycles. The third kappa shape index (κ3) is 21.1. The van der Waals surface area contributed by atoms with E-state index in [-0.39, 0.29) is 0 Å². The SMILES string of the molecule is SCCCCCCCCCCCCCCCCCC[SiH](Cl)Cl. The summed E-state index contributed by atoms with van der Waals surface area (Å²) in [7, 11) is -1.32. The van der Waals surface area contributed by atoms with Crippen LogP contribution >= 0.6 is 34.8 Å². The third-order valence-corrected chi connectivity index (χ3v) is 6.80. The van der Waals surface area contributed by atoms with Gasteiger partial charge in [-0.25, -0.2) is 0 Å². The molecule has 0 radical (unpaired) electrons. The molecule has 0 fully saturated rings. The normalized spacial score (nSPS) is 11.5. The molecule has 0 rings (SSSR count). The first-order valence-electron chi connectivity index (χ1n) is 9.66. The number of thiol groups is 1. The Morgan fingerprint density at radius 1 is 0.455 bits per heavy atom. The summed E-state index contributed by atoms with van der Waals surface area (Å²) in [6.07, 6.45) is 22.4. The lowest BCUT2D eigenvalue weighted by atomic mass is 10.0. The predicted octanol–water partition coefficient (Wildman–Crippen LogP) is 7.86. The zero-order chi connectivity index (χ0) is 16.3. The maximum Gasteiger partial charge on any atom is 0.237 e. The fourth-order valence-electron chi connectivity index (χ4n) is 2.89. The average molecular weight is 386 g/mol. The van der Waals surface area contributed by atoms with Gasteiger partial charge in [-0.05, 0) is 18.2 Å². The maximum atomic E-state index is 5.85. The molecular formula is C18H38Cl2SSi. The van der Waals surface area contributed by atoms with Crippen molar-refractivity contribution in [2.24, 2.45) is 0 Å². The molecule has 0 aliphatic heterocycles. The summed E-state index contributed by atoms with van der Waals surface area (Å²) in [6, 6.07) is 1.10. The van der Waals surface area contributed by atoms with Gasteiger partial charge in [0.1, 0.15) is 0 Å². The van der Waals surface area contributed by atoms with Gasteiger partial charge in [0.25, 0.3) is 0 Å². The molecular weight excluding hydrogens is 347 g/mol. The monoisotopic (exact) mass is 384 g/mol. The zero-order valence-corrected chi connectivity index (χ0v) is 18.1. The van der Waals surface area contributed by atoms with E-state index in [1.54, 1.807) is 0 Å². The lowest BCUT2D eigenvalue weighted by molar-refractivity contribution is 0.531. The molecule has 0 nitrogen and oxygen atoms in total. The van der Waals surface area contributed by atoms with Crippen LogP contribution in [0.5, 0.6) is 0 Å². The topological polar surface area (TPSA) is 0 Å². The van der Waals surface area contributed by atoms with Crippen molar-refractivity contribution < 1.29 is 0 Å². The van der Waals surface area contributed by atoms with Crippen molar-refractivity contribution in [1.29, 1.82) is 0 Å². The molecule has 0 saturated heterocycles. The van der Waals surface area contributed by atoms with Gasteiger partial charge in [-0.1, -0.05) is 96.3 Å². The molecule has 0 amide bonds. The molecule has 0 aliphatic carbocycles. The summed E-state index contributed by atoms with van der Waals surface area (Å²) in [5, 5.41) is 0. The first-order valence-corrected chi connectivity index (χ1v) is 14.6. The summed E-state index contributed by atoms with van der Waals surface area (Å²) in [5.74, 6) is 1.06. The Balaban J connectivity index is 2.94. The Labute approximate surface area is 156 Å². The van der Waals surface area contributed by atoms with Crippen LogP contribution in [0.3, 0.4) is 0 Å². The molecule has 0 N–H and O–H groups in total. The molecule has 0 aromatic rings. The summed E-state index contributed by atoms with van der Waals surface area (Å²) in [5.41, 5.74) is 0. The van der Waals surface area contributed by atoms with Crippen molar-refractivity contribution >= 4 is 42.2 Å². The molecule has 0 spiro atoms. The highest BCUT2D eigenvalue weighted by atomic mass is 35.7. The molecule has 0 atom stereocenters. The predicted molar refractivity (Wildman–Crippen MR) is 111 cm³/mol. The number of halogens is 2. The molecule has 0 unspecified atom stereocenters. The van der Waals surface area contributed by atoms with Crippen molar-refractivity contribution in [2.75, 3.05) is 5.75 Å². The third-order valence-electron chi connectivity index (χ3n) is 4.33. The van der Waals surface area contributed by atoms with Crippen LogP contribution < -0.4 is 0 Å². The lowest BCUT2D eigenvalue weighted by Gasteiger charge is -2.03. The second-order valence-electron chi connectivity index (χ2n) is 6.56. The van der Waals surface area contributed by atoms with E-state index in [0.717, 1.165) is 11.8 Å². The van der Waals surface area contributed by atoms with E-state index in [1.807, 2.05) is 0 Å². The first kappa shape index (κ1) is 23.1. The highest BCUT2D eigenvalue weighted by molar-refractivity contribution is 7.80. The zero-order valence-electron chi connectivity index (χ0n) is 14.5. The largest absolute Gasteiger partial charge is 0.237 e. The van der Waals surface area contributed by atoms with Crippen molar-refractivity contribution in [2.45, 2.75) is 109 Å². The summed E-state index contributed by atoms with van der Waals surface area (Å²) >= 11 is 15.9. The van der Waals surface area contributed by atoms with Gasteiger partial charge in [-0.3, -0.25) is 0 Å². The Hall–Kier alpha value is 1.15. The van der Waals surface area contributed by atoms with E-state index in [2.05, 4.69) is 12.6 Å². The minimum Gasteiger partial charge on any atom is -0.179 e. The molecule has 0 saturated carbocycles.